The third-order valence-electron chi connectivity index (χ3n) is 6.19. The number of benzene rings is 3. The first-order chi connectivity index (χ1) is 18.7. The molecule has 3 aromatic carbocycles. The molecule has 1 aliphatic heterocycles. The molecule has 4 amide bonds. The SMILES string of the molecule is CCCOc1ccc(N2C(=O)NC(=O)/C(=C/c3cc(Cl)c(OCc4ccc(C)c(C)c4)c(OC)c3)C2=O)cc1. The smallest absolute Gasteiger partial charge is 0.335 e. The van der Waals surface area contributed by atoms with Crippen LogP contribution in [-0.2, 0) is 16.2 Å². The highest BCUT2D eigenvalue weighted by Crippen LogP contribution is 2.38. The van der Waals surface area contributed by atoms with Gasteiger partial charge in [0.2, 0.25) is 0 Å². The molecule has 1 saturated heterocycles. The van der Waals surface area contributed by atoms with Gasteiger partial charge in [-0.3, -0.25) is 14.9 Å². The van der Waals surface area contributed by atoms with Crippen LogP contribution in [0.25, 0.3) is 6.08 Å². The topological polar surface area (TPSA) is 94.2 Å². The number of carbonyl (C=O) groups is 3. The number of methoxy groups -OCH3 is 1. The number of halogens is 1. The van der Waals surface area contributed by atoms with Gasteiger partial charge in [-0.25, -0.2) is 9.69 Å². The minimum absolute atomic E-state index is 0.233. The summed E-state index contributed by atoms with van der Waals surface area (Å²) in [5.74, 6) is -0.303. The second-order valence-electron chi connectivity index (χ2n) is 9.04. The van der Waals surface area contributed by atoms with E-state index in [0.29, 0.717) is 35.1 Å². The molecule has 0 atom stereocenters. The van der Waals surface area contributed by atoms with Crippen molar-refractivity contribution in [1.82, 2.24) is 5.32 Å². The second-order valence-corrected chi connectivity index (χ2v) is 9.45. The summed E-state index contributed by atoms with van der Waals surface area (Å²) in [5.41, 5.74) is 3.80. The number of barbiturate groups is 1. The van der Waals surface area contributed by atoms with E-state index in [1.807, 2.05) is 39.0 Å². The number of amides is 4. The van der Waals surface area contributed by atoms with Crippen LogP contribution in [0, 0.1) is 13.8 Å². The van der Waals surface area contributed by atoms with Crippen LogP contribution in [-0.4, -0.2) is 31.6 Å². The van der Waals surface area contributed by atoms with Gasteiger partial charge in [0.05, 0.1) is 24.4 Å². The normalized spacial score (nSPS) is 14.4. The lowest BCUT2D eigenvalue weighted by Gasteiger charge is -2.26. The van der Waals surface area contributed by atoms with Crippen molar-refractivity contribution in [2.75, 3.05) is 18.6 Å². The summed E-state index contributed by atoms with van der Waals surface area (Å²) in [6.45, 7) is 6.89. The zero-order valence-corrected chi connectivity index (χ0v) is 22.9. The molecule has 0 spiro atoms. The third kappa shape index (κ3) is 6.23. The number of nitrogens with one attached hydrogen (secondary N) is 1. The number of hydrogen-bond donors (Lipinski definition) is 1. The van der Waals surface area contributed by atoms with E-state index >= 15 is 0 Å². The van der Waals surface area contributed by atoms with Gasteiger partial charge in [0.1, 0.15) is 17.9 Å². The molecule has 202 valence electrons. The zero-order valence-electron chi connectivity index (χ0n) is 22.2. The maximum atomic E-state index is 13.3. The number of hydrogen-bond acceptors (Lipinski definition) is 6. The molecule has 1 N–H and O–H groups in total. The number of rotatable bonds is 9. The van der Waals surface area contributed by atoms with Gasteiger partial charge < -0.3 is 14.2 Å². The van der Waals surface area contributed by atoms with Crippen molar-refractivity contribution < 1.29 is 28.6 Å². The predicted molar refractivity (Wildman–Crippen MR) is 149 cm³/mol. The van der Waals surface area contributed by atoms with E-state index in [1.54, 1.807) is 36.4 Å². The Morgan fingerprint density at radius 3 is 2.36 bits per heavy atom. The van der Waals surface area contributed by atoms with Crippen molar-refractivity contribution in [2.45, 2.75) is 33.8 Å². The first-order valence-corrected chi connectivity index (χ1v) is 12.8. The van der Waals surface area contributed by atoms with Crippen LogP contribution in [0.1, 0.15) is 35.6 Å². The Bertz CT molecular complexity index is 1450. The minimum atomic E-state index is -0.838. The van der Waals surface area contributed by atoms with Crippen LogP contribution in [0.2, 0.25) is 5.02 Å². The lowest BCUT2D eigenvalue weighted by Crippen LogP contribution is -2.54. The van der Waals surface area contributed by atoms with Crippen LogP contribution >= 0.6 is 11.6 Å². The highest BCUT2D eigenvalue weighted by Gasteiger charge is 2.37. The molecule has 39 heavy (non-hydrogen) atoms. The molecule has 3 aromatic rings. The van der Waals surface area contributed by atoms with Crippen molar-refractivity contribution in [3.63, 3.8) is 0 Å². The maximum Gasteiger partial charge on any atom is 0.335 e. The highest BCUT2D eigenvalue weighted by molar-refractivity contribution is 6.39. The summed E-state index contributed by atoms with van der Waals surface area (Å²) in [7, 11) is 1.47. The van der Waals surface area contributed by atoms with E-state index in [-0.39, 0.29) is 17.2 Å². The lowest BCUT2D eigenvalue weighted by molar-refractivity contribution is -0.122. The molecule has 1 heterocycles. The average molecular weight is 549 g/mol. The van der Waals surface area contributed by atoms with Gasteiger partial charge in [-0.1, -0.05) is 36.7 Å². The fourth-order valence-electron chi connectivity index (χ4n) is 3.98. The first kappa shape index (κ1) is 27.7. The first-order valence-electron chi connectivity index (χ1n) is 12.4. The molecule has 4 rings (SSSR count). The standard InChI is InChI=1S/C30H29ClN2O6/c1-5-12-38-23-10-8-22(9-11-23)33-29(35)24(28(34)32-30(33)36)14-21-15-25(31)27(26(16-21)37-4)39-17-20-7-6-18(2)19(3)13-20/h6-11,13-16H,5,12,17H2,1-4H3,(H,32,34,36)/b24-14-. The summed E-state index contributed by atoms with van der Waals surface area (Å²) < 4.78 is 17.0. The van der Waals surface area contributed by atoms with Crippen molar-refractivity contribution >= 4 is 41.2 Å². The Labute approximate surface area is 232 Å². The lowest BCUT2D eigenvalue weighted by atomic mass is 10.1. The van der Waals surface area contributed by atoms with Gasteiger partial charge >= 0.3 is 6.03 Å². The minimum Gasteiger partial charge on any atom is -0.494 e. The van der Waals surface area contributed by atoms with E-state index in [0.717, 1.165) is 22.4 Å². The molecule has 0 saturated carbocycles. The number of carbonyl (C=O) groups excluding carboxylic acids is 3. The van der Waals surface area contributed by atoms with Crippen molar-refractivity contribution in [1.29, 1.82) is 0 Å². The third-order valence-corrected chi connectivity index (χ3v) is 6.47. The summed E-state index contributed by atoms with van der Waals surface area (Å²) in [6.07, 6.45) is 2.21. The van der Waals surface area contributed by atoms with Crippen LogP contribution in [0.15, 0.2) is 60.2 Å². The number of nitrogens with zero attached hydrogens (tertiary/aromatic N) is 1. The Morgan fingerprint density at radius 1 is 0.949 bits per heavy atom. The fourth-order valence-corrected chi connectivity index (χ4v) is 4.26. The molecular weight excluding hydrogens is 520 g/mol. The van der Waals surface area contributed by atoms with E-state index in [1.165, 1.54) is 18.7 Å². The summed E-state index contributed by atoms with van der Waals surface area (Å²) in [5, 5.41) is 2.46. The van der Waals surface area contributed by atoms with Gasteiger partial charge in [-0.05, 0) is 85.0 Å². The quantitative estimate of drug-likeness (QED) is 0.260. The van der Waals surface area contributed by atoms with Crippen LogP contribution < -0.4 is 24.4 Å². The molecule has 1 aliphatic rings. The number of imide groups is 2. The van der Waals surface area contributed by atoms with Gasteiger partial charge in [-0.2, -0.15) is 0 Å². The molecule has 0 aliphatic carbocycles. The van der Waals surface area contributed by atoms with E-state index in [9.17, 15) is 14.4 Å². The molecule has 0 radical (unpaired) electrons. The summed E-state index contributed by atoms with van der Waals surface area (Å²) in [6, 6.07) is 14.9. The predicted octanol–water partition coefficient (Wildman–Crippen LogP) is 6.00. The summed E-state index contributed by atoms with van der Waals surface area (Å²) in [4.78, 5) is 39.4. The van der Waals surface area contributed by atoms with Crippen LogP contribution in [0.5, 0.6) is 17.2 Å². The Morgan fingerprint density at radius 2 is 1.69 bits per heavy atom. The number of aryl methyl sites for hydroxylation is 2. The van der Waals surface area contributed by atoms with E-state index < -0.39 is 17.8 Å². The highest BCUT2D eigenvalue weighted by atomic mass is 35.5. The number of anilines is 1. The molecule has 8 nitrogen and oxygen atoms in total. The van der Waals surface area contributed by atoms with E-state index in [4.69, 9.17) is 25.8 Å². The van der Waals surface area contributed by atoms with Gasteiger partial charge in [0, 0.05) is 0 Å². The monoisotopic (exact) mass is 548 g/mol. The van der Waals surface area contributed by atoms with Crippen LogP contribution in [0.4, 0.5) is 10.5 Å². The number of ether oxygens (including phenoxy) is 3. The van der Waals surface area contributed by atoms with Crippen LogP contribution in [0.3, 0.4) is 0 Å². The molecular formula is C30H29ClN2O6. The van der Waals surface area contributed by atoms with Gasteiger partial charge in [0.25, 0.3) is 11.8 Å². The molecule has 0 unspecified atom stereocenters. The van der Waals surface area contributed by atoms with E-state index in [2.05, 4.69) is 5.32 Å². The van der Waals surface area contributed by atoms with Crippen molar-refractivity contribution in [3.05, 3.63) is 87.4 Å². The Balaban J connectivity index is 1.59. The largest absolute Gasteiger partial charge is 0.494 e. The van der Waals surface area contributed by atoms with Gasteiger partial charge in [0.15, 0.2) is 11.5 Å². The van der Waals surface area contributed by atoms with Gasteiger partial charge in [-0.15, -0.1) is 0 Å². The fraction of sp³-hybridized carbons (Fsp3) is 0.233. The molecule has 0 bridgehead atoms. The zero-order chi connectivity index (χ0) is 28.1. The Hall–Kier alpha value is -4.30. The molecule has 1 fully saturated rings. The Kier molecular flexibility index (Phi) is 8.56. The summed E-state index contributed by atoms with van der Waals surface area (Å²) >= 11 is 6.53. The molecule has 9 heteroatoms. The number of urea groups is 1. The second kappa shape index (κ2) is 12.0. The van der Waals surface area contributed by atoms with Crippen molar-refractivity contribution in [2.24, 2.45) is 0 Å². The van der Waals surface area contributed by atoms with Crippen molar-refractivity contribution in [3.8, 4) is 17.2 Å². The molecule has 0 aromatic heterocycles. The maximum absolute atomic E-state index is 13.3. The average Bonchev–Trinajstić information content (AvgIpc) is 2.91.